The second kappa shape index (κ2) is 6.35. The monoisotopic (exact) mass is 246 g/mol. The zero-order valence-corrected chi connectivity index (χ0v) is 11.5. The molecule has 1 aromatic carbocycles. The van der Waals surface area contributed by atoms with Gasteiger partial charge in [0.25, 0.3) is 0 Å². The van der Waals surface area contributed by atoms with E-state index in [0.29, 0.717) is 6.04 Å². The summed E-state index contributed by atoms with van der Waals surface area (Å²) in [6.45, 7) is 2.98. The molecule has 1 aliphatic carbocycles. The van der Waals surface area contributed by atoms with Crippen molar-refractivity contribution in [2.75, 3.05) is 6.54 Å². The highest BCUT2D eigenvalue weighted by Crippen LogP contribution is 2.20. The quantitative estimate of drug-likeness (QED) is 0.801. The first-order valence-electron chi connectivity index (χ1n) is 7.26. The average molecular weight is 246 g/mol. The Hall–Kier alpha value is -0.860. The van der Waals surface area contributed by atoms with Gasteiger partial charge in [-0.25, -0.2) is 0 Å². The molecule has 0 aromatic heterocycles. The summed E-state index contributed by atoms with van der Waals surface area (Å²) in [6, 6.07) is 11.1. The van der Waals surface area contributed by atoms with Crippen LogP contribution >= 0.6 is 0 Å². The Morgan fingerprint density at radius 2 is 1.72 bits per heavy atom. The van der Waals surface area contributed by atoms with Gasteiger partial charge in [0.2, 0.25) is 0 Å². The second-order valence-corrected chi connectivity index (χ2v) is 5.85. The molecular formula is C16H26N2. The zero-order valence-electron chi connectivity index (χ0n) is 11.5. The average Bonchev–Trinajstić information content (AvgIpc) is 2.66. The van der Waals surface area contributed by atoms with E-state index in [4.69, 9.17) is 5.73 Å². The van der Waals surface area contributed by atoms with Crippen molar-refractivity contribution < 1.29 is 0 Å². The fourth-order valence-corrected chi connectivity index (χ4v) is 2.76. The maximum atomic E-state index is 6.43. The maximum absolute atomic E-state index is 6.43. The number of hydrogen-bond donors (Lipinski definition) is 2. The van der Waals surface area contributed by atoms with Crippen LogP contribution in [0.1, 0.15) is 51.0 Å². The summed E-state index contributed by atoms with van der Waals surface area (Å²) in [5, 5.41) is 3.68. The molecule has 1 saturated carbocycles. The molecule has 0 aliphatic heterocycles. The summed E-state index contributed by atoms with van der Waals surface area (Å²) >= 11 is 0. The van der Waals surface area contributed by atoms with Crippen molar-refractivity contribution in [3.05, 3.63) is 35.9 Å². The van der Waals surface area contributed by atoms with E-state index in [1.807, 2.05) is 6.07 Å². The SMILES string of the molecule is CC(N)(CNC1CCCCCC1)c1ccccc1. The Morgan fingerprint density at radius 1 is 1.11 bits per heavy atom. The van der Waals surface area contributed by atoms with E-state index in [0.717, 1.165) is 6.54 Å². The molecule has 1 fully saturated rings. The normalized spacial score (nSPS) is 21.2. The van der Waals surface area contributed by atoms with Crippen molar-refractivity contribution in [2.45, 2.75) is 57.0 Å². The van der Waals surface area contributed by atoms with Gasteiger partial charge in [0, 0.05) is 12.6 Å². The van der Waals surface area contributed by atoms with Crippen LogP contribution < -0.4 is 11.1 Å². The van der Waals surface area contributed by atoms with Gasteiger partial charge in [0.15, 0.2) is 0 Å². The van der Waals surface area contributed by atoms with Crippen molar-refractivity contribution in [2.24, 2.45) is 5.73 Å². The first-order valence-corrected chi connectivity index (χ1v) is 7.26. The van der Waals surface area contributed by atoms with Crippen LogP contribution in [0.5, 0.6) is 0 Å². The minimum atomic E-state index is -0.270. The Balaban J connectivity index is 1.88. The fraction of sp³-hybridized carbons (Fsp3) is 0.625. The van der Waals surface area contributed by atoms with Crippen LogP contribution in [0.2, 0.25) is 0 Å². The largest absolute Gasteiger partial charge is 0.321 e. The Morgan fingerprint density at radius 3 is 2.33 bits per heavy atom. The molecule has 0 saturated heterocycles. The van der Waals surface area contributed by atoms with E-state index < -0.39 is 0 Å². The van der Waals surface area contributed by atoms with Crippen LogP contribution in [-0.4, -0.2) is 12.6 Å². The molecule has 100 valence electrons. The van der Waals surface area contributed by atoms with Gasteiger partial charge < -0.3 is 11.1 Å². The molecule has 0 bridgehead atoms. The van der Waals surface area contributed by atoms with Crippen molar-refractivity contribution in [3.63, 3.8) is 0 Å². The zero-order chi connectivity index (χ0) is 12.8. The molecule has 0 heterocycles. The third-order valence-electron chi connectivity index (χ3n) is 4.05. The van der Waals surface area contributed by atoms with E-state index >= 15 is 0 Å². The molecule has 18 heavy (non-hydrogen) atoms. The lowest BCUT2D eigenvalue weighted by atomic mass is 9.92. The van der Waals surface area contributed by atoms with Crippen LogP contribution in [-0.2, 0) is 5.54 Å². The van der Waals surface area contributed by atoms with Gasteiger partial charge in [-0.1, -0.05) is 56.0 Å². The molecule has 1 aromatic rings. The molecule has 0 radical (unpaired) electrons. The lowest BCUT2D eigenvalue weighted by Crippen LogP contribution is -2.46. The number of hydrogen-bond acceptors (Lipinski definition) is 2. The van der Waals surface area contributed by atoms with Crippen LogP contribution in [0, 0.1) is 0 Å². The minimum Gasteiger partial charge on any atom is -0.321 e. The van der Waals surface area contributed by atoms with Crippen LogP contribution in [0.3, 0.4) is 0 Å². The van der Waals surface area contributed by atoms with Crippen molar-refractivity contribution in [1.82, 2.24) is 5.32 Å². The van der Waals surface area contributed by atoms with Crippen LogP contribution in [0.15, 0.2) is 30.3 Å². The number of rotatable bonds is 4. The van der Waals surface area contributed by atoms with E-state index in [1.165, 1.54) is 44.1 Å². The molecular weight excluding hydrogens is 220 g/mol. The van der Waals surface area contributed by atoms with Gasteiger partial charge in [-0.05, 0) is 25.3 Å². The summed E-state index contributed by atoms with van der Waals surface area (Å²) in [4.78, 5) is 0. The van der Waals surface area contributed by atoms with Gasteiger partial charge in [-0.3, -0.25) is 0 Å². The highest BCUT2D eigenvalue weighted by molar-refractivity contribution is 5.23. The molecule has 3 N–H and O–H groups in total. The molecule has 1 aliphatic rings. The first-order chi connectivity index (χ1) is 8.68. The molecule has 2 heteroatoms. The summed E-state index contributed by atoms with van der Waals surface area (Å²) in [7, 11) is 0. The number of nitrogens with two attached hydrogens (primary N) is 1. The summed E-state index contributed by atoms with van der Waals surface area (Å²) < 4.78 is 0. The van der Waals surface area contributed by atoms with E-state index in [2.05, 4.69) is 36.5 Å². The number of nitrogens with one attached hydrogen (secondary N) is 1. The number of benzene rings is 1. The third-order valence-corrected chi connectivity index (χ3v) is 4.05. The van der Waals surface area contributed by atoms with Crippen molar-refractivity contribution in [1.29, 1.82) is 0 Å². The fourth-order valence-electron chi connectivity index (χ4n) is 2.76. The lowest BCUT2D eigenvalue weighted by Gasteiger charge is -2.28. The van der Waals surface area contributed by atoms with Crippen LogP contribution in [0.25, 0.3) is 0 Å². The highest BCUT2D eigenvalue weighted by atomic mass is 15.0. The van der Waals surface area contributed by atoms with E-state index in [9.17, 15) is 0 Å². The standard InChI is InChI=1S/C16H26N2/c1-16(17,14-9-5-4-6-10-14)13-18-15-11-7-2-3-8-12-15/h4-6,9-10,15,18H,2-3,7-8,11-13,17H2,1H3. The topological polar surface area (TPSA) is 38.0 Å². The summed E-state index contributed by atoms with van der Waals surface area (Å²) in [5.41, 5.74) is 7.38. The molecule has 2 rings (SSSR count). The Labute approximate surface area is 111 Å². The van der Waals surface area contributed by atoms with Crippen LogP contribution in [0.4, 0.5) is 0 Å². The Bertz CT molecular complexity index is 337. The maximum Gasteiger partial charge on any atom is 0.0507 e. The third kappa shape index (κ3) is 3.82. The van der Waals surface area contributed by atoms with Gasteiger partial charge in [0.05, 0.1) is 5.54 Å². The van der Waals surface area contributed by atoms with E-state index in [-0.39, 0.29) is 5.54 Å². The van der Waals surface area contributed by atoms with Gasteiger partial charge in [0.1, 0.15) is 0 Å². The predicted molar refractivity (Wildman–Crippen MR) is 77.5 cm³/mol. The molecule has 0 amide bonds. The molecule has 2 nitrogen and oxygen atoms in total. The molecule has 1 atom stereocenters. The van der Waals surface area contributed by atoms with Gasteiger partial charge in [-0.15, -0.1) is 0 Å². The van der Waals surface area contributed by atoms with Gasteiger partial charge >= 0.3 is 0 Å². The first kappa shape index (κ1) is 13.6. The molecule has 1 unspecified atom stereocenters. The van der Waals surface area contributed by atoms with Gasteiger partial charge in [-0.2, -0.15) is 0 Å². The van der Waals surface area contributed by atoms with Crippen molar-refractivity contribution in [3.8, 4) is 0 Å². The smallest absolute Gasteiger partial charge is 0.0507 e. The predicted octanol–water partition coefficient (Wildman–Crippen LogP) is 3.17. The highest BCUT2D eigenvalue weighted by Gasteiger charge is 2.22. The molecule has 0 spiro atoms. The summed E-state index contributed by atoms with van der Waals surface area (Å²) in [6.07, 6.45) is 8.15. The Kier molecular flexibility index (Phi) is 4.79. The minimum absolute atomic E-state index is 0.270. The second-order valence-electron chi connectivity index (χ2n) is 5.85. The lowest BCUT2D eigenvalue weighted by molar-refractivity contribution is 0.379. The van der Waals surface area contributed by atoms with Crippen molar-refractivity contribution >= 4 is 0 Å². The van der Waals surface area contributed by atoms with E-state index in [1.54, 1.807) is 0 Å². The summed E-state index contributed by atoms with van der Waals surface area (Å²) in [5.74, 6) is 0.